The summed E-state index contributed by atoms with van der Waals surface area (Å²) in [6.07, 6.45) is 15.4. The first kappa shape index (κ1) is 22.7. The second-order valence-corrected chi connectivity index (χ2v) is 13.7. The molecule has 0 nitrogen and oxygen atoms in total. The molecule has 164 valence electrons. The molecule has 4 aliphatic rings. The molecule has 8 unspecified atom stereocenters. The van der Waals surface area contributed by atoms with Gasteiger partial charge in [-0.2, -0.15) is 0 Å². The van der Waals surface area contributed by atoms with E-state index in [9.17, 15) is 0 Å². The maximum atomic E-state index is 2.71. The molecule has 0 saturated heterocycles. The van der Waals surface area contributed by atoms with Crippen molar-refractivity contribution >= 4 is 0 Å². The van der Waals surface area contributed by atoms with Gasteiger partial charge in [0.25, 0.3) is 0 Å². The Labute approximate surface area is 178 Å². The number of fused-ring (bicyclic) bond motifs is 2. The summed E-state index contributed by atoms with van der Waals surface area (Å²) < 4.78 is 0. The Kier molecular flexibility index (Phi) is 6.99. The van der Waals surface area contributed by atoms with Crippen LogP contribution in [0.2, 0.25) is 0 Å². The molecule has 0 radical (unpaired) electrons. The van der Waals surface area contributed by atoms with Crippen LogP contribution in [0.1, 0.15) is 120 Å². The average molecular weight is 389 g/mol. The molecule has 0 N–H and O–H groups in total. The highest BCUT2D eigenvalue weighted by molar-refractivity contribution is 5.05. The van der Waals surface area contributed by atoms with Gasteiger partial charge in [0.1, 0.15) is 0 Å². The van der Waals surface area contributed by atoms with Gasteiger partial charge in [0.15, 0.2) is 0 Å². The topological polar surface area (TPSA) is 0 Å². The van der Waals surface area contributed by atoms with Gasteiger partial charge < -0.3 is 0 Å². The number of hydrogen-bond acceptors (Lipinski definition) is 0. The monoisotopic (exact) mass is 388 g/mol. The van der Waals surface area contributed by atoms with Crippen molar-refractivity contribution in [3.05, 3.63) is 0 Å². The molecule has 4 saturated carbocycles. The molecule has 0 amide bonds. The molecule has 0 heterocycles. The molecule has 8 atom stereocenters. The Morgan fingerprint density at radius 1 is 0.536 bits per heavy atom. The van der Waals surface area contributed by atoms with E-state index in [0.29, 0.717) is 10.8 Å². The largest absolute Gasteiger partial charge is 0.0622 e. The maximum Gasteiger partial charge on any atom is -0.0287 e. The van der Waals surface area contributed by atoms with E-state index in [4.69, 9.17) is 0 Å². The van der Waals surface area contributed by atoms with E-state index in [1.165, 1.54) is 25.7 Å². The highest BCUT2D eigenvalue weighted by Gasteiger charge is 2.56. The summed E-state index contributed by atoms with van der Waals surface area (Å²) in [6.45, 7) is 19.4. The number of rotatable bonds is 2. The van der Waals surface area contributed by atoms with Gasteiger partial charge in [0.2, 0.25) is 0 Å². The molecule has 4 rings (SSSR count). The van der Waals surface area contributed by atoms with Crippen LogP contribution in [-0.2, 0) is 0 Å². The van der Waals surface area contributed by atoms with Crippen molar-refractivity contribution in [2.45, 2.75) is 120 Å². The smallest absolute Gasteiger partial charge is 0.0287 e. The van der Waals surface area contributed by atoms with E-state index < -0.39 is 0 Å². The van der Waals surface area contributed by atoms with Crippen LogP contribution in [0.25, 0.3) is 0 Å². The van der Waals surface area contributed by atoms with Crippen LogP contribution < -0.4 is 0 Å². The second-order valence-electron chi connectivity index (χ2n) is 13.7. The fourth-order valence-corrected chi connectivity index (χ4v) is 8.89. The van der Waals surface area contributed by atoms with Crippen molar-refractivity contribution in [1.82, 2.24) is 0 Å². The standard InChI is InChI=1S/C23H40.C5H12/c1-15-13-17-9-5-7-11-19(17)21(15)23(3,4)22-16(2)14-18-10-6-8-12-20(18)22;1-5(2,3)4/h15-22H,5-14H2,1-4H3;1-4H3. The van der Waals surface area contributed by atoms with E-state index >= 15 is 0 Å². The van der Waals surface area contributed by atoms with Crippen LogP contribution >= 0.6 is 0 Å². The van der Waals surface area contributed by atoms with Crippen molar-refractivity contribution in [3.8, 4) is 0 Å². The lowest BCUT2D eigenvalue weighted by Gasteiger charge is -2.49. The first-order valence-corrected chi connectivity index (χ1v) is 13.0. The highest BCUT2D eigenvalue weighted by Crippen LogP contribution is 2.63. The fraction of sp³-hybridized carbons (Fsp3) is 1.00. The summed E-state index contributed by atoms with van der Waals surface area (Å²) in [5, 5.41) is 0. The van der Waals surface area contributed by atoms with Crippen molar-refractivity contribution in [2.24, 2.45) is 58.2 Å². The summed E-state index contributed by atoms with van der Waals surface area (Å²) in [4.78, 5) is 0. The molecule has 28 heavy (non-hydrogen) atoms. The average Bonchev–Trinajstić information content (AvgIpc) is 3.08. The molecule has 0 bridgehead atoms. The van der Waals surface area contributed by atoms with Gasteiger partial charge in [-0.25, -0.2) is 0 Å². The van der Waals surface area contributed by atoms with Crippen molar-refractivity contribution in [1.29, 1.82) is 0 Å². The second kappa shape index (κ2) is 8.63. The van der Waals surface area contributed by atoms with Crippen molar-refractivity contribution < 1.29 is 0 Å². The molecule has 0 spiro atoms. The molecule has 0 heteroatoms. The summed E-state index contributed by atoms with van der Waals surface area (Å²) >= 11 is 0. The molecule has 0 aliphatic heterocycles. The van der Waals surface area contributed by atoms with E-state index in [0.717, 1.165) is 47.3 Å². The van der Waals surface area contributed by atoms with Gasteiger partial charge in [0.05, 0.1) is 0 Å². The van der Waals surface area contributed by atoms with Gasteiger partial charge >= 0.3 is 0 Å². The molecule has 0 aromatic carbocycles. The molecular formula is C28H52. The lowest BCUT2D eigenvalue weighted by atomic mass is 9.56. The van der Waals surface area contributed by atoms with Crippen LogP contribution in [0, 0.1) is 58.2 Å². The van der Waals surface area contributed by atoms with E-state index in [2.05, 4.69) is 55.4 Å². The van der Waals surface area contributed by atoms with Crippen molar-refractivity contribution in [2.75, 3.05) is 0 Å². The Bertz CT molecular complexity index is 451. The minimum atomic E-state index is 0.500. The van der Waals surface area contributed by atoms with Crippen LogP contribution in [0.4, 0.5) is 0 Å². The van der Waals surface area contributed by atoms with Crippen LogP contribution in [0.5, 0.6) is 0 Å². The summed E-state index contributed by atoms with van der Waals surface area (Å²) in [5.74, 6) is 8.30. The van der Waals surface area contributed by atoms with Gasteiger partial charge in [0, 0.05) is 0 Å². The summed E-state index contributed by atoms with van der Waals surface area (Å²) in [5.41, 5.74) is 1.08. The van der Waals surface area contributed by atoms with Gasteiger partial charge in [-0.3, -0.25) is 0 Å². The molecule has 0 aromatic heterocycles. The first-order valence-electron chi connectivity index (χ1n) is 13.0. The third-order valence-electron chi connectivity index (χ3n) is 9.15. The summed E-state index contributed by atoms with van der Waals surface area (Å²) in [7, 11) is 0. The van der Waals surface area contributed by atoms with Gasteiger partial charge in [-0.05, 0) is 83.9 Å². The van der Waals surface area contributed by atoms with Crippen molar-refractivity contribution in [3.63, 3.8) is 0 Å². The van der Waals surface area contributed by atoms with Gasteiger partial charge in [-0.15, -0.1) is 0 Å². The third kappa shape index (κ3) is 4.83. The predicted octanol–water partition coefficient (Wildman–Crippen LogP) is 8.99. The van der Waals surface area contributed by atoms with E-state index in [1.807, 2.05) is 0 Å². The maximum absolute atomic E-state index is 2.71. The van der Waals surface area contributed by atoms with Crippen LogP contribution in [0.3, 0.4) is 0 Å². The minimum absolute atomic E-state index is 0.500. The van der Waals surface area contributed by atoms with E-state index in [1.54, 1.807) is 38.5 Å². The lowest BCUT2D eigenvalue weighted by molar-refractivity contribution is -0.00490. The SMILES string of the molecule is CC(C)(C)C.CC1CC2CCCCC2C1C(C)(C)C1C(C)CC2CCCCC21. The Hall–Kier alpha value is 0. The molecule has 0 aromatic rings. The zero-order chi connectivity index (χ0) is 20.7. The summed E-state index contributed by atoms with van der Waals surface area (Å²) in [6, 6.07) is 0. The quantitative estimate of drug-likeness (QED) is 0.442. The molecular weight excluding hydrogens is 336 g/mol. The zero-order valence-electron chi connectivity index (χ0n) is 20.7. The third-order valence-corrected chi connectivity index (χ3v) is 9.15. The predicted molar refractivity (Wildman–Crippen MR) is 124 cm³/mol. The first-order chi connectivity index (χ1) is 13.0. The Morgan fingerprint density at radius 3 is 1.21 bits per heavy atom. The highest BCUT2D eigenvalue weighted by atomic mass is 14.6. The molecule has 4 fully saturated rings. The lowest BCUT2D eigenvalue weighted by Crippen LogP contribution is -2.43. The van der Waals surface area contributed by atoms with Gasteiger partial charge in [-0.1, -0.05) is 93.9 Å². The van der Waals surface area contributed by atoms with E-state index in [-0.39, 0.29) is 0 Å². The van der Waals surface area contributed by atoms with Crippen LogP contribution in [0.15, 0.2) is 0 Å². The molecule has 4 aliphatic carbocycles. The minimum Gasteiger partial charge on any atom is -0.0622 e. The zero-order valence-corrected chi connectivity index (χ0v) is 20.7. The van der Waals surface area contributed by atoms with Crippen LogP contribution in [-0.4, -0.2) is 0 Å². The Morgan fingerprint density at radius 2 is 0.857 bits per heavy atom. The normalized spacial score (nSPS) is 43.7. The fourth-order valence-electron chi connectivity index (χ4n) is 8.89. The Balaban J connectivity index is 0.000000403. The number of hydrogen-bond donors (Lipinski definition) is 0.